The van der Waals surface area contributed by atoms with Crippen molar-refractivity contribution < 1.29 is 4.79 Å². The summed E-state index contributed by atoms with van der Waals surface area (Å²) in [5.41, 5.74) is 5.65. The van der Waals surface area contributed by atoms with E-state index in [1.54, 1.807) is 4.68 Å². The van der Waals surface area contributed by atoms with E-state index in [2.05, 4.69) is 29.9 Å². The summed E-state index contributed by atoms with van der Waals surface area (Å²) in [6.07, 6.45) is 7.03. The minimum absolute atomic E-state index is 0.0963. The molecule has 0 amide bonds. The molecule has 1 aromatic rings. The zero-order chi connectivity index (χ0) is 12.8. The third kappa shape index (κ3) is 4.00. The van der Waals surface area contributed by atoms with Gasteiger partial charge in [0.1, 0.15) is 12.2 Å². The van der Waals surface area contributed by atoms with Gasteiger partial charge in [0.05, 0.1) is 12.5 Å². The molecule has 2 N–H and O–H groups in total. The van der Waals surface area contributed by atoms with Gasteiger partial charge in [-0.1, -0.05) is 13.8 Å². The van der Waals surface area contributed by atoms with Gasteiger partial charge in [0, 0.05) is 13.0 Å². The number of nitrogens with two attached hydrogens (primary N) is 1. The monoisotopic (exact) mass is 234 g/mol. The van der Waals surface area contributed by atoms with Crippen LogP contribution in [-0.4, -0.2) is 26.6 Å². The number of ketones is 1. The van der Waals surface area contributed by atoms with E-state index in [9.17, 15) is 4.79 Å². The molecule has 1 atom stereocenters. The Morgan fingerprint density at radius 3 is 2.94 bits per heavy atom. The molecular weight excluding hydrogens is 216 g/mol. The second kappa shape index (κ2) is 6.16. The Kier molecular flexibility index (Phi) is 4.85. The van der Waals surface area contributed by atoms with Crippen molar-refractivity contribution in [3.05, 3.63) is 12.2 Å². The molecule has 0 aliphatic heterocycles. The molecule has 5 nitrogen and oxygen atoms in total. The summed E-state index contributed by atoms with van der Waals surface area (Å²) in [6.45, 7) is 4.90. The van der Waals surface area contributed by atoms with Crippen molar-refractivity contribution >= 4 is 5.78 Å². The van der Waals surface area contributed by atoms with Crippen LogP contribution in [0, 0.1) is 18.3 Å². The van der Waals surface area contributed by atoms with E-state index in [-0.39, 0.29) is 18.6 Å². The lowest BCUT2D eigenvalue weighted by molar-refractivity contribution is -0.119. The van der Waals surface area contributed by atoms with Gasteiger partial charge in [-0.25, -0.2) is 9.67 Å². The number of Topliss-reactive ketones (excluding diaryl/α,β-unsaturated/α-hetero) is 1. The highest BCUT2D eigenvalue weighted by Gasteiger charge is 2.16. The van der Waals surface area contributed by atoms with Gasteiger partial charge in [-0.3, -0.25) is 4.79 Å². The second-order valence-electron chi connectivity index (χ2n) is 4.41. The molecular formula is C12H18N4O. The quantitative estimate of drug-likeness (QED) is 0.723. The van der Waals surface area contributed by atoms with Crippen molar-refractivity contribution in [3.63, 3.8) is 0 Å². The summed E-state index contributed by atoms with van der Waals surface area (Å²) >= 11 is 0. The summed E-state index contributed by atoms with van der Waals surface area (Å²) < 4.78 is 1.74. The maximum atomic E-state index is 11.7. The predicted molar refractivity (Wildman–Crippen MR) is 65.0 cm³/mol. The smallest absolute Gasteiger partial charge is 0.158 e. The fraction of sp³-hybridized carbons (Fsp3) is 0.583. The first-order chi connectivity index (χ1) is 8.04. The van der Waals surface area contributed by atoms with E-state index in [1.807, 2.05) is 0 Å². The minimum Gasteiger partial charge on any atom is -0.321 e. The topological polar surface area (TPSA) is 73.8 Å². The van der Waals surface area contributed by atoms with Crippen LogP contribution in [0.15, 0.2) is 6.33 Å². The lowest BCUT2D eigenvalue weighted by Crippen LogP contribution is -2.32. The number of terminal acetylenes is 1. The van der Waals surface area contributed by atoms with Gasteiger partial charge in [0.2, 0.25) is 0 Å². The molecule has 0 radical (unpaired) electrons. The van der Waals surface area contributed by atoms with Crippen molar-refractivity contribution in [2.24, 2.45) is 11.7 Å². The minimum atomic E-state index is -0.607. The van der Waals surface area contributed by atoms with Crippen LogP contribution >= 0.6 is 0 Å². The summed E-state index contributed by atoms with van der Waals surface area (Å²) in [7, 11) is 0. The first-order valence-electron chi connectivity index (χ1n) is 5.63. The fourth-order valence-corrected chi connectivity index (χ4v) is 1.45. The van der Waals surface area contributed by atoms with Gasteiger partial charge in [-0.2, -0.15) is 5.10 Å². The number of nitrogens with zero attached hydrogens (tertiary/aromatic N) is 3. The number of rotatable bonds is 6. The molecule has 1 unspecified atom stereocenters. The highest BCUT2D eigenvalue weighted by atomic mass is 16.1. The Labute approximate surface area is 101 Å². The van der Waals surface area contributed by atoms with Gasteiger partial charge >= 0.3 is 0 Å². The molecule has 0 fully saturated rings. The Morgan fingerprint density at radius 2 is 2.35 bits per heavy atom. The highest BCUT2D eigenvalue weighted by molar-refractivity contribution is 5.85. The number of hydrogen-bond donors (Lipinski definition) is 1. The lowest BCUT2D eigenvalue weighted by Gasteiger charge is -2.10. The van der Waals surface area contributed by atoms with E-state index in [1.165, 1.54) is 6.33 Å². The van der Waals surface area contributed by atoms with Gasteiger partial charge in [-0.05, 0) is 5.92 Å². The molecule has 1 rings (SSSR count). The third-order valence-corrected chi connectivity index (χ3v) is 2.32. The molecule has 0 saturated carbocycles. The second-order valence-corrected chi connectivity index (χ2v) is 4.41. The molecule has 1 heterocycles. The largest absolute Gasteiger partial charge is 0.321 e. The van der Waals surface area contributed by atoms with Crippen LogP contribution in [0.2, 0.25) is 0 Å². The first-order valence-corrected chi connectivity index (χ1v) is 5.63. The van der Waals surface area contributed by atoms with Crippen LogP contribution in [0.5, 0.6) is 0 Å². The zero-order valence-corrected chi connectivity index (χ0v) is 10.3. The number of hydrogen-bond acceptors (Lipinski definition) is 4. The summed E-state index contributed by atoms with van der Waals surface area (Å²) in [6, 6.07) is -0.607. The van der Waals surface area contributed by atoms with Gasteiger partial charge in [0.25, 0.3) is 0 Å². The summed E-state index contributed by atoms with van der Waals surface area (Å²) in [4.78, 5) is 15.8. The molecule has 0 aliphatic carbocycles. The number of aromatic nitrogens is 3. The highest BCUT2D eigenvalue weighted by Crippen LogP contribution is 2.04. The molecule has 0 spiro atoms. The SMILES string of the molecule is C#CCC(N)C(=O)Cc1ncnn1CC(C)C. The molecule has 0 aromatic carbocycles. The average molecular weight is 234 g/mol. The van der Waals surface area contributed by atoms with E-state index >= 15 is 0 Å². The van der Waals surface area contributed by atoms with Crippen molar-refractivity contribution in [3.8, 4) is 12.3 Å². The molecule has 1 aromatic heterocycles. The first kappa shape index (κ1) is 13.4. The standard InChI is InChI=1S/C12H18N4O/c1-4-5-10(13)11(17)6-12-14-8-15-16(12)7-9(2)3/h1,8-10H,5-7,13H2,2-3H3. The molecule has 17 heavy (non-hydrogen) atoms. The predicted octanol–water partition coefficient (Wildman–Crippen LogP) is 0.396. The van der Waals surface area contributed by atoms with E-state index in [0.717, 1.165) is 6.54 Å². The normalized spacial score (nSPS) is 12.4. The third-order valence-electron chi connectivity index (χ3n) is 2.32. The van der Waals surface area contributed by atoms with Gasteiger partial charge in [0.15, 0.2) is 5.78 Å². The Balaban J connectivity index is 2.66. The van der Waals surface area contributed by atoms with Crippen LogP contribution in [0.3, 0.4) is 0 Å². The fourth-order valence-electron chi connectivity index (χ4n) is 1.45. The molecule has 0 bridgehead atoms. The number of carbonyl (C=O) groups is 1. The molecule has 5 heteroatoms. The molecule has 0 saturated heterocycles. The maximum Gasteiger partial charge on any atom is 0.158 e. The van der Waals surface area contributed by atoms with Crippen LogP contribution in [-0.2, 0) is 17.8 Å². The molecule has 0 aliphatic rings. The van der Waals surface area contributed by atoms with E-state index in [4.69, 9.17) is 12.2 Å². The van der Waals surface area contributed by atoms with Crippen LogP contribution < -0.4 is 5.73 Å². The Hall–Kier alpha value is -1.67. The van der Waals surface area contributed by atoms with Crippen molar-refractivity contribution in [2.75, 3.05) is 0 Å². The molecule has 92 valence electrons. The van der Waals surface area contributed by atoms with Crippen molar-refractivity contribution in [2.45, 2.75) is 39.3 Å². The average Bonchev–Trinajstić information content (AvgIpc) is 2.65. The van der Waals surface area contributed by atoms with Gasteiger partial charge < -0.3 is 5.73 Å². The lowest BCUT2D eigenvalue weighted by atomic mass is 10.1. The van der Waals surface area contributed by atoms with Crippen LogP contribution in [0.25, 0.3) is 0 Å². The van der Waals surface area contributed by atoms with Crippen molar-refractivity contribution in [1.29, 1.82) is 0 Å². The summed E-state index contributed by atoms with van der Waals surface area (Å²) in [5, 5.41) is 4.09. The number of carbonyl (C=O) groups excluding carboxylic acids is 1. The van der Waals surface area contributed by atoms with E-state index in [0.29, 0.717) is 11.7 Å². The van der Waals surface area contributed by atoms with Crippen LogP contribution in [0.1, 0.15) is 26.1 Å². The zero-order valence-electron chi connectivity index (χ0n) is 10.3. The van der Waals surface area contributed by atoms with Gasteiger partial charge in [-0.15, -0.1) is 12.3 Å². The maximum absolute atomic E-state index is 11.7. The van der Waals surface area contributed by atoms with Crippen LogP contribution in [0.4, 0.5) is 0 Å². The Bertz CT molecular complexity index is 416. The summed E-state index contributed by atoms with van der Waals surface area (Å²) in [5.74, 6) is 3.39. The van der Waals surface area contributed by atoms with E-state index < -0.39 is 6.04 Å². The van der Waals surface area contributed by atoms with Crippen molar-refractivity contribution in [1.82, 2.24) is 14.8 Å². The Morgan fingerprint density at radius 1 is 1.65 bits per heavy atom.